The third kappa shape index (κ3) is 0.850. The molecular weight excluding hydrogens is 116 g/mol. The van der Waals surface area contributed by atoms with E-state index in [-0.39, 0.29) is 0 Å². The van der Waals surface area contributed by atoms with Crippen molar-refractivity contribution in [2.24, 2.45) is 7.05 Å². The first-order valence-corrected chi connectivity index (χ1v) is 2.62. The fourth-order valence-electron chi connectivity index (χ4n) is 0.694. The number of hydrogen-bond acceptors (Lipinski definition) is 2. The predicted molar refractivity (Wildman–Crippen MR) is 32.7 cm³/mol. The summed E-state index contributed by atoms with van der Waals surface area (Å²) in [6.45, 7) is 1.83. The predicted octanol–water partition coefficient (Wildman–Crippen LogP) is 0.186. The molecule has 3 nitrogen and oxygen atoms in total. The van der Waals surface area contributed by atoms with E-state index in [4.69, 9.17) is 0 Å². The van der Waals surface area contributed by atoms with Crippen LogP contribution in [0.5, 0.6) is 0 Å². The molecular formula is C6H7N2O. The first-order chi connectivity index (χ1) is 4.25. The maximum atomic E-state index is 10.1. The zero-order chi connectivity index (χ0) is 6.85. The van der Waals surface area contributed by atoms with Crippen LogP contribution in [0.15, 0.2) is 6.20 Å². The van der Waals surface area contributed by atoms with E-state index < -0.39 is 0 Å². The normalized spacial score (nSPS) is 9.56. The fraction of sp³-hybridized carbons (Fsp3) is 0.333. The van der Waals surface area contributed by atoms with E-state index in [9.17, 15) is 4.79 Å². The Labute approximate surface area is 53.3 Å². The van der Waals surface area contributed by atoms with E-state index in [1.165, 1.54) is 4.68 Å². The molecule has 0 aliphatic carbocycles. The largest absolute Gasteiger partial charge is 0.283 e. The van der Waals surface area contributed by atoms with Crippen LogP contribution in [0.1, 0.15) is 11.3 Å². The molecule has 0 aliphatic rings. The second-order valence-corrected chi connectivity index (χ2v) is 1.90. The van der Waals surface area contributed by atoms with Gasteiger partial charge in [-0.1, -0.05) is 0 Å². The van der Waals surface area contributed by atoms with Gasteiger partial charge in [-0.2, -0.15) is 5.10 Å². The molecule has 1 aromatic heterocycles. The lowest BCUT2D eigenvalue weighted by molar-refractivity contribution is 0.557. The average Bonchev–Trinajstić information content (AvgIpc) is 2.12. The van der Waals surface area contributed by atoms with Gasteiger partial charge in [0.25, 0.3) is 6.29 Å². The van der Waals surface area contributed by atoms with E-state index in [1.54, 1.807) is 19.5 Å². The van der Waals surface area contributed by atoms with Crippen molar-refractivity contribution >= 4 is 6.29 Å². The number of hydrogen-bond donors (Lipinski definition) is 0. The number of carbonyl (C=O) groups excluding carboxylic acids is 1. The second-order valence-electron chi connectivity index (χ2n) is 1.90. The van der Waals surface area contributed by atoms with Crippen molar-refractivity contribution in [3.63, 3.8) is 0 Å². The molecule has 9 heavy (non-hydrogen) atoms. The minimum Gasteiger partial charge on any atom is -0.283 e. The summed E-state index contributed by atoms with van der Waals surface area (Å²) in [5.74, 6) is 0. The SMILES string of the molecule is Cc1cnn(C)c1[C]=O. The number of nitrogens with zero attached hydrogens (tertiary/aromatic N) is 2. The van der Waals surface area contributed by atoms with Crippen molar-refractivity contribution < 1.29 is 4.79 Å². The summed E-state index contributed by atoms with van der Waals surface area (Å²) in [7, 11) is 1.72. The summed E-state index contributed by atoms with van der Waals surface area (Å²) in [6, 6.07) is 0. The molecule has 1 heterocycles. The Morgan fingerprint density at radius 3 is 2.67 bits per heavy atom. The Hall–Kier alpha value is -1.12. The Morgan fingerprint density at radius 1 is 1.78 bits per heavy atom. The smallest absolute Gasteiger partial charge is 0.253 e. The van der Waals surface area contributed by atoms with Gasteiger partial charge in [0.1, 0.15) is 5.69 Å². The highest BCUT2D eigenvalue weighted by Gasteiger charge is 2.00. The lowest BCUT2D eigenvalue weighted by Gasteiger charge is -1.88. The molecule has 0 N–H and O–H groups in total. The van der Waals surface area contributed by atoms with Crippen LogP contribution in [-0.2, 0) is 11.8 Å². The van der Waals surface area contributed by atoms with Crippen molar-refractivity contribution in [1.82, 2.24) is 9.78 Å². The van der Waals surface area contributed by atoms with Crippen LogP contribution >= 0.6 is 0 Å². The highest BCUT2D eigenvalue weighted by atomic mass is 16.1. The van der Waals surface area contributed by atoms with Gasteiger partial charge in [0.15, 0.2) is 0 Å². The molecule has 0 saturated carbocycles. The molecule has 0 atom stereocenters. The monoisotopic (exact) mass is 123 g/mol. The minimum atomic E-state index is 0.523. The van der Waals surface area contributed by atoms with E-state index in [1.807, 2.05) is 6.92 Å². The van der Waals surface area contributed by atoms with Gasteiger partial charge in [-0.25, -0.2) is 0 Å². The summed E-state index contributed by atoms with van der Waals surface area (Å²) in [5.41, 5.74) is 1.39. The van der Waals surface area contributed by atoms with Crippen LogP contribution in [0.25, 0.3) is 0 Å². The van der Waals surface area contributed by atoms with Crippen molar-refractivity contribution in [3.05, 3.63) is 17.5 Å². The fourth-order valence-corrected chi connectivity index (χ4v) is 0.694. The zero-order valence-electron chi connectivity index (χ0n) is 5.38. The Bertz CT molecular complexity index is 207. The molecule has 1 rings (SSSR count). The van der Waals surface area contributed by atoms with Crippen molar-refractivity contribution in [2.45, 2.75) is 6.92 Å². The molecule has 0 aliphatic heterocycles. The second kappa shape index (κ2) is 2.01. The highest BCUT2D eigenvalue weighted by molar-refractivity contribution is 5.74. The topological polar surface area (TPSA) is 34.9 Å². The zero-order valence-corrected chi connectivity index (χ0v) is 5.38. The van der Waals surface area contributed by atoms with Gasteiger partial charge < -0.3 is 0 Å². The molecule has 47 valence electrons. The van der Waals surface area contributed by atoms with Gasteiger partial charge in [0.05, 0.1) is 6.20 Å². The highest BCUT2D eigenvalue weighted by Crippen LogP contribution is 1.99. The molecule has 0 saturated heterocycles. The third-order valence-electron chi connectivity index (χ3n) is 1.22. The molecule has 1 aromatic rings. The molecule has 0 fully saturated rings. The van der Waals surface area contributed by atoms with Gasteiger partial charge in [0, 0.05) is 7.05 Å². The van der Waals surface area contributed by atoms with Crippen LogP contribution in [0.4, 0.5) is 0 Å². The van der Waals surface area contributed by atoms with Crippen LogP contribution in [0.3, 0.4) is 0 Å². The maximum absolute atomic E-state index is 10.1. The lowest BCUT2D eigenvalue weighted by Crippen LogP contribution is -1.96. The number of rotatable bonds is 1. The first kappa shape index (κ1) is 6.01. The molecule has 0 unspecified atom stereocenters. The van der Waals surface area contributed by atoms with Gasteiger partial charge in [-0.05, 0) is 12.5 Å². The Balaban J connectivity index is 3.22. The lowest BCUT2D eigenvalue weighted by atomic mass is 10.3. The molecule has 0 bridgehead atoms. The molecule has 0 amide bonds. The summed E-state index contributed by atoms with van der Waals surface area (Å²) in [6.07, 6.45) is 3.43. The van der Waals surface area contributed by atoms with Gasteiger partial charge in [-0.3, -0.25) is 9.48 Å². The standard InChI is InChI=1S/C6H7N2O/c1-5-3-7-8(2)6(5)4-9/h3H,1-2H3. The minimum absolute atomic E-state index is 0.523. The summed E-state index contributed by atoms with van der Waals surface area (Å²) >= 11 is 0. The summed E-state index contributed by atoms with van der Waals surface area (Å²) in [4.78, 5) is 10.1. The Morgan fingerprint density at radius 2 is 2.44 bits per heavy atom. The van der Waals surface area contributed by atoms with E-state index in [2.05, 4.69) is 5.10 Å². The van der Waals surface area contributed by atoms with Crippen LogP contribution in [-0.4, -0.2) is 16.1 Å². The molecule has 0 aromatic carbocycles. The summed E-state index contributed by atoms with van der Waals surface area (Å²) in [5, 5.41) is 3.84. The maximum Gasteiger partial charge on any atom is 0.253 e. The molecule has 0 spiro atoms. The quantitative estimate of drug-likeness (QED) is 0.534. The first-order valence-electron chi connectivity index (χ1n) is 2.62. The van der Waals surface area contributed by atoms with E-state index in [0.29, 0.717) is 5.69 Å². The van der Waals surface area contributed by atoms with Gasteiger partial charge >= 0.3 is 0 Å². The van der Waals surface area contributed by atoms with Crippen LogP contribution in [0.2, 0.25) is 0 Å². The van der Waals surface area contributed by atoms with Crippen molar-refractivity contribution in [3.8, 4) is 0 Å². The number of aromatic nitrogens is 2. The third-order valence-corrected chi connectivity index (χ3v) is 1.22. The van der Waals surface area contributed by atoms with Gasteiger partial charge in [-0.15, -0.1) is 0 Å². The molecule has 3 heteroatoms. The molecule has 1 radical (unpaired) electrons. The van der Waals surface area contributed by atoms with E-state index >= 15 is 0 Å². The van der Waals surface area contributed by atoms with Crippen molar-refractivity contribution in [2.75, 3.05) is 0 Å². The Kier molecular flexibility index (Phi) is 1.34. The van der Waals surface area contributed by atoms with Gasteiger partial charge in [0.2, 0.25) is 0 Å². The summed E-state index contributed by atoms with van der Waals surface area (Å²) < 4.78 is 1.50. The van der Waals surface area contributed by atoms with Crippen LogP contribution in [0, 0.1) is 6.92 Å². The van der Waals surface area contributed by atoms with E-state index in [0.717, 1.165) is 5.56 Å². The van der Waals surface area contributed by atoms with Crippen molar-refractivity contribution in [1.29, 1.82) is 0 Å². The average molecular weight is 123 g/mol. The number of aryl methyl sites for hydroxylation is 2. The van der Waals surface area contributed by atoms with Crippen LogP contribution < -0.4 is 0 Å².